The van der Waals surface area contributed by atoms with E-state index in [0.29, 0.717) is 25.9 Å². The van der Waals surface area contributed by atoms with E-state index < -0.39 is 5.82 Å². The van der Waals surface area contributed by atoms with E-state index in [4.69, 9.17) is 11.6 Å². The van der Waals surface area contributed by atoms with E-state index in [9.17, 15) is 14.0 Å². The first-order chi connectivity index (χ1) is 13.4. The van der Waals surface area contributed by atoms with Gasteiger partial charge in [-0.05, 0) is 31.0 Å². The number of likely N-dealkylation sites (tertiary alicyclic amines) is 1. The summed E-state index contributed by atoms with van der Waals surface area (Å²) in [6.07, 6.45) is 3.03. The van der Waals surface area contributed by atoms with Crippen LogP contribution in [-0.2, 0) is 7.05 Å². The number of hydrogen-bond acceptors (Lipinski definition) is 3. The third-order valence-electron chi connectivity index (χ3n) is 5.21. The molecular formula is C19H19ClFN5O2. The normalized spacial score (nSPS) is 15.2. The standard InChI is InChI=1S/C19H19ClFN5O2/c1-24-16(11-18(27)26-17(24)4-7-22-26)12-5-8-25(9-6-12)19(28)23-15-3-2-13(20)10-14(15)21/h2-4,7,10-12H,5-6,8-9H2,1H3,(H,23,28). The summed E-state index contributed by atoms with van der Waals surface area (Å²) in [6.45, 7) is 1.04. The van der Waals surface area contributed by atoms with Crippen LogP contribution >= 0.6 is 11.6 Å². The number of halogens is 2. The summed E-state index contributed by atoms with van der Waals surface area (Å²) in [5, 5.41) is 6.90. The van der Waals surface area contributed by atoms with Gasteiger partial charge in [0.15, 0.2) is 0 Å². The van der Waals surface area contributed by atoms with Crippen LogP contribution in [0.4, 0.5) is 14.9 Å². The molecule has 0 atom stereocenters. The molecule has 0 unspecified atom stereocenters. The molecular weight excluding hydrogens is 385 g/mol. The Kier molecular flexibility index (Phi) is 4.80. The van der Waals surface area contributed by atoms with Crippen LogP contribution in [0.1, 0.15) is 24.5 Å². The Morgan fingerprint density at radius 3 is 2.71 bits per heavy atom. The van der Waals surface area contributed by atoms with E-state index in [1.807, 2.05) is 11.6 Å². The largest absolute Gasteiger partial charge is 0.333 e. The average Bonchev–Trinajstić information content (AvgIpc) is 3.18. The zero-order chi connectivity index (χ0) is 19.8. The smallest absolute Gasteiger partial charge is 0.321 e. The van der Waals surface area contributed by atoms with Crippen molar-refractivity contribution in [3.8, 4) is 0 Å². The number of aromatic nitrogens is 3. The highest BCUT2D eigenvalue weighted by atomic mass is 35.5. The van der Waals surface area contributed by atoms with Crippen LogP contribution in [0.15, 0.2) is 41.3 Å². The second-order valence-electron chi connectivity index (χ2n) is 6.88. The summed E-state index contributed by atoms with van der Waals surface area (Å²) in [5.41, 5.74) is 1.61. The minimum absolute atomic E-state index is 0.102. The molecule has 146 valence electrons. The minimum atomic E-state index is -0.570. The molecule has 1 fully saturated rings. The fourth-order valence-electron chi connectivity index (χ4n) is 3.69. The van der Waals surface area contributed by atoms with Gasteiger partial charge in [-0.2, -0.15) is 9.61 Å². The lowest BCUT2D eigenvalue weighted by Crippen LogP contribution is -2.41. The molecule has 3 aromatic rings. The van der Waals surface area contributed by atoms with Crippen molar-refractivity contribution >= 4 is 29.0 Å². The summed E-state index contributed by atoms with van der Waals surface area (Å²) in [5.74, 6) is -0.409. The van der Waals surface area contributed by atoms with Crippen LogP contribution in [0.25, 0.3) is 5.65 Å². The monoisotopic (exact) mass is 403 g/mol. The van der Waals surface area contributed by atoms with Gasteiger partial charge in [-0.1, -0.05) is 11.6 Å². The number of hydrogen-bond donors (Lipinski definition) is 1. The lowest BCUT2D eigenvalue weighted by atomic mass is 9.93. The molecule has 28 heavy (non-hydrogen) atoms. The average molecular weight is 404 g/mol. The van der Waals surface area contributed by atoms with Crippen molar-refractivity contribution in [3.05, 3.63) is 63.4 Å². The fourth-order valence-corrected chi connectivity index (χ4v) is 3.85. The maximum Gasteiger partial charge on any atom is 0.321 e. The van der Waals surface area contributed by atoms with E-state index >= 15 is 0 Å². The molecule has 7 nitrogen and oxygen atoms in total. The van der Waals surface area contributed by atoms with Crippen LogP contribution in [-0.4, -0.2) is 38.2 Å². The molecule has 0 spiro atoms. The number of piperidine rings is 1. The van der Waals surface area contributed by atoms with Crippen molar-refractivity contribution < 1.29 is 9.18 Å². The number of anilines is 1. The van der Waals surface area contributed by atoms with E-state index in [0.717, 1.165) is 17.4 Å². The van der Waals surface area contributed by atoms with Gasteiger partial charge in [0.1, 0.15) is 11.5 Å². The lowest BCUT2D eigenvalue weighted by Gasteiger charge is -2.33. The Morgan fingerprint density at radius 1 is 1.25 bits per heavy atom. The number of fused-ring (bicyclic) bond motifs is 1. The van der Waals surface area contributed by atoms with Crippen molar-refractivity contribution in [1.29, 1.82) is 0 Å². The summed E-state index contributed by atoms with van der Waals surface area (Å²) >= 11 is 5.74. The second kappa shape index (κ2) is 7.27. The Bertz CT molecular complexity index is 1100. The highest BCUT2D eigenvalue weighted by Crippen LogP contribution is 2.28. The molecule has 0 bridgehead atoms. The van der Waals surface area contributed by atoms with E-state index in [-0.39, 0.29) is 28.2 Å². The van der Waals surface area contributed by atoms with Crippen LogP contribution in [0.3, 0.4) is 0 Å². The van der Waals surface area contributed by atoms with Gasteiger partial charge in [0, 0.05) is 48.9 Å². The van der Waals surface area contributed by atoms with Crippen molar-refractivity contribution in [2.45, 2.75) is 18.8 Å². The molecule has 0 radical (unpaired) electrons. The van der Waals surface area contributed by atoms with Crippen molar-refractivity contribution in [3.63, 3.8) is 0 Å². The van der Waals surface area contributed by atoms with E-state index in [2.05, 4.69) is 10.4 Å². The number of rotatable bonds is 2. The lowest BCUT2D eigenvalue weighted by molar-refractivity contribution is 0.193. The molecule has 3 heterocycles. The first-order valence-corrected chi connectivity index (χ1v) is 9.36. The van der Waals surface area contributed by atoms with E-state index in [1.165, 1.54) is 16.6 Å². The van der Waals surface area contributed by atoms with Crippen molar-refractivity contribution in [2.75, 3.05) is 18.4 Å². The maximum absolute atomic E-state index is 13.9. The van der Waals surface area contributed by atoms with Gasteiger partial charge in [0.25, 0.3) is 5.56 Å². The number of benzene rings is 1. The Morgan fingerprint density at radius 2 is 2.00 bits per heavy atom. The Hall–Kier alpha value is -2.87. The van der Waals surface area contributed by atoms with E-state index in [1.54, 1.807) is 23.2 Å². The highest BCUT2D eigenvalue weighted by Gasteiger charge is 2.26. The van der Waals surface area contributed by atoms with Gasteiger partial charge >= 0.3 is 6.03 Å². The number of urea groups is 1. The first-order valence-electron chi connectivity index (χ1n) is 8.98. The summed E-state index contributed by atoms with van der Waals surface area (Å²) in [7, 11) is 1.91. The SMILES string of the molecule is Cn1c(C2CCN(C(=O)Nc3ccc(Cl)cc3F)CC2)cc(=O)n2nccc12. The topological polar surface area (TPSA) is 71.6 Å². The van der Waals surface area contributed by atoms with Crippen LogP contribution < -0.4 is 10.9 Å². The molecule has 2 amide bonds. The van der Waals surface area contributed by atoms with Gasteiger partial charge in [-0.15, -0.1) is 0 Å². The van der Waals surface area contributed by atoms with Crippen LogP contribution in [0, 0.1) is 5.82 Å². The Labute approximate surface area is 165 Å². The number of carbonyl (C=O) groups is 1. The molecule has 1 saturated heterocycles. The quantitative estimate of drug-likeness (QED) is 0.714. The minimum Gasteiger partial charge on any atom is -0.333 e. The predicted molar refractivity (Wildman–Crippen MR) is 104 cm³/mol. The number of amides is 2. The van der Waals surface area contributed by atoms with Crippen LogP contribution in [0.5, 0.6) is 0 Å². The molecule has 1 N–H and O–H groups in total. The number of nitrogens with one attached hydrogen (secondary N) is 1. The molecule has 1 aromatic carbocycles. The molecule has 2 aromatic heterocycles. The van der Waals surface area contributed by atoms with Gasteiger partial charge in [0.2, 0.25) is 0 Å². The van der Waals surface area contributed by atoms with Gasteiger partial charge in [-0.25, -0.2) is 9.18 Å². The van der Waals surface area contributed by atoms with Crippen molar-refractivity contribution in [1.82, 2.24) is 19.1 Å². The summed E-state index contributed by atoms with van der Waals surface area (Å²) < 4.78 is 17.2. The molecule has 0 aliphatic carbocycles. The number of carbonyl (C=O) groups excluding carboxylic acids is 1. The second-order valence-corrected chi connectivity index (χ2v) is 7.32. The zero-order valence-corrected chi connectivity index (χ0v) is 16.0. The molecule has 1 aliphatic heterocycles. The van der Waals surface area contributed by atoms with Gasteiger partial charge < -0.3 is 14.8 Å². The molecule has 4 rings (SSSR count). The molecule has 1 aliphatic rings. The summed E-state index contributed by atoms with van der Waals surface area (Å²) in [6, 6.07) is 7.20. The van der Waals surface area contributed by atoms with Crippen LogP contribution in [0.2, 0.25) is 5.02 Å². The third-order valence-corrected chi connectivity index (χ3v) is 5.44. The Balaban J connectivity index is 1.45. The molecule has 9 heteroatoms. The zero-order valence-electron chi connectivity index (χ0n) is 15.2. The fraction of sp³-hybridized carbons (Fsp3) is 0.316. The molecule has 0 saturated carbocycles. The first kappa shape index (κ1) is 18.5. The van der Waals surface area contributed by atoms with Gasteiger partial charge in [-0.3, -0.25) is 4.79 Å². The predicted octanol–water partition coefficient (Wildman–Crippen LogP) is 3.24. The maximum atomic E-state index is 13.9. The van der Waals surface area contributed by atoms with Crippen molar-refractivity contribution in [2.24, 2.45) is 7.05 Å². The number of aryl methyl sites for hydroxylation is 1. The summed E-state index contributed by atoms with van der Waals surface area (Å²) in [4.78, 5) is 26.4. The highest BCUT2D eigenvalue weighted by molar-refractivity contribution is 6.30. The van der Waals surface area contributed by atoms with Gasteiger partial charge in [0.05, 0.1) is 11.9 Å². The number of nitrogens with zero attached hydrogens (tertiary/aromatic N) is 4. The third kappa shape index (κ3) is 3.35.